The summed E-state index contributed by atoms with van der Waals surface area (Å²) in [6, 6.07) is 2.84. The Kier molecular flexibility index (Phi) is 13.6. The Morgan fingerprint density at radius 2 is 1.71 bits per heavy atom. The number of nitrogens with zero attached hydrogens (tertiary/aromatic N) is 4. The van der Waals surface area contributed by atoms with Gasteiger partial charge in [0, 0.05) is 70.2 Å². The van der Waals surface area contributed by atoms with Gasteiger partial charge in [-0.15, -0.1) is 0 Å². The molecular formula is C26H49N7O2. The number of ether oxygens (including phenoxy) is 2. The molecule has 9 nitrogen and oxygen atoms in total. The van der Waals surface area contributed by atoms with E-state index in [0.717, 1.165) is 89.7 Å². The van der Waals surface area contributed by atoms with Gasteiger partial charge in [-0.1, -0.05) is 19.3 Å². The van der Waals surface area contributed by atoms with Gasteiger partial charge in [0.1, 0.15) is 5.82 Å². The molecule has 1 aliphatic heterocycles. The predicted octanol–water partition coefficient (Wildman–Crippen LogP) is 2.27. The summed E-state index contributed by atoms with van der Waals surface area (Å²) in [6.45, 7) is 15.9. The van der Waals surface area contributed by atoms with E-state index in [1.807, 2.05) is 13.8 Å². The molecule has 2 aliphatic rings. The largest absolute Gasteiger partial charge is 0.380 e. The molecule has 0 aromatic carbocycles. The maximum absolute atomic E-state index is 5.76. The van der Waals surface area contributed by atoms with Gasteiger partial charge in [-0.05, 0) is 46.2 Å². The molecule has 1 saturated heterocycles. The topological polar surface area (TPSA) is 86.8 Å². The Bertz CT molecular complexity index is 680. The molecule has 200 valence electrons. The monoisotopic (exact) mass is 491 g/mol. The second-order valence-electron chi connectivity index (χ2n) is 9.65. The lowest BCUT2D eigenvalue weighted by atomic mass is 9.95. The zero-order valence-corrected chi connectivity index (χ0v) is 22.2. The summed E-state index contributed by atoms with van der Waals surface area (Å²) in [4.78, 5) is 14.1. The van der Waals surface area contributed by atoms with Crippen LogP contribution in [0.3, 0.4) is 0 Å². The first-order valence-corrected chi connectivity index (χ1v) is 13.9. The molecule has 0 bridgehead atoms. The highest BCUT2D eigenvalue weighted by Gasteiger charge is 2.18. The van der Waals surface area contributed by atoms with Crippen LogP contribution in [0.15, 0.2) is 6.07 Å². The van der Waals surface area contributed by atoms with Crippen molar-refractivity contribution >= 4 is 11.8 Å². The molecule has 35 heavy (non-hydrogen) atoms. The van der Waals surface area contributed by atoms with Crippen LogP contribution in [-0.2, 0) is 9.47 Å². The molecule has 1 aliphatic carbocycles. The van der Waals surface area contributed by atoms with Gasteiger partial charge in [0.15, 0.2) is 0 Å². The number of aryl methyl sites for hydroxylation is 1. The smallest absolute Gasteiger partial charge is 0.224 e. The number of aromatic nitrogens is 2. The molecule has 0 amide bonds. The summed E-state index contributed by atoms with van der Waals surface area (Å²) in [5, 5.41) is 10.5. The first-order valence-electron chi connectivity index (χ1n) is 13.9. The Labute approximate surface area is 212 Å². The van der Waals surface area contributed by atoms with Crippen LogP contribution in [0, 0.1) is 6.92 Å². The van der Waals surface area contributed by atoms with Crippen molar-refractivity contribution in [3.8, 4) is 0 Å². The van der Waals surface area contributed by atoms with Gasteiger partial charge in [-0.2, -0.15) is 4.98 Å². The van der Waals surface area contributed by atoms with E-state index in [9.17, 15) is 0 Å². The van der Waals surface area contributed by atoms with E-state index in [0.29, 0.717) is 19.1 Å². The molecule has 0 atom stereocenters. The zero-order chi connectivity index (χ0) is 24.6. The van der Waals surface area contributed by atoms with Gasteiger partial charge in [-0.25, -0.2) is 4.98 Å². The van der Waals surface area contributed by atoms with Crippen LogP contribution in [0.25, 0.3) is 0 Å². The predicted molar refractivity (Wildman–Crippen MR) is 144 cm³/mol. The number of anilines is 2. The third kappa shape index (κ3) is 11.4. The highest BCUT2D eigenvalue weighted by molar-refractivity contribution is 5.45. The molecule has 1 saturated carbocycles. The summed E-state index contributed by atoms with van der Waals surface area (Å²) in [5.41, 5.74) is 0.986. The second-order valence-corrected chi connectivity index (χ2v) is 9.65. The molecule has 0 unspecified atom stereocenters. The van der Waals surface area contributed by atoms with Crippen molar-refractivity contribution in [1.29, 1.82) is 0 Å². The van der Waals surface area contributed by atoms with E-state index >= 15 is 0 Å². The van der Waals surface area contributed by atoms with Gasteiger partial charge in [0.2, 0.25) is 5.95 Å². The zero-order valence-electron chi connectivity index (χ0n) is 22.2. The first-order chi connectivity index (χ1) is 17.2. The van der Waals surface area contributed by atoms with Crippen molar-refractivity contribution in [3.05, 3.63) is 11.8 Å². The molecule has 2 heterocycles. The van der Waals surface area contributed by atoms with Gasteiger partial charge in [0.05, 0.1) is 19.8 Å². The van der Waals surface area contributed by atoms with E-state index < -0.39 is 0 Å². The van der Waals surface area contributed by atoms with Crippen molar-refractivity contribution in [2.24, 2.45) is 0 Å². The minimum absolute atomic E-state index is 0.649. The molecule has 9 heteroatoms. The lowest BCUT2D eigenvalue weighted by Crippen LogP contribution is -2.47. The highest BCUT2D eigenvalue weighted by Crippen LogP contribution is 2.18. The van der Waals surface area contributed by atoms with E-state index in [2.05, 4.69) is 36.8 Å². The van der Waals surface area contributed by atoms with Crippen molar-refractivity contribution < 1.29 is 9.47 Å². The van der Waals surface area contributed by atoms with E-state index in [-0.39, 0.29) is 0 Å². The Balaban J connectivity index is 1.21. The van der Waals surface area contributed by atoms with E-state index in [4.69, 9.17) is 14.5 Å². The molecule has 0 radical (unpaired) electrons. The lowest BCUT2D eigenvalue weighted by molar-refractivity contribution is 0.111. The summed E-state index contributed by atoms with van der Waals surface area (Å²) in [5.74, 6) is 1.69. The fourth-order valence-electron chi connectivity index (χ4n) is 4.76. The molecule has 3 rings (SSSR count). The number of nitrogens with one attached hydrogen (secondary N) is 3. The number of piperazine rings is 1. The average molecular weight is 492 g/mol. The highest BCUT2D eigenvalue weighted by atomic mass is 16.5. The standard InChI is InChI=1S/C26H49N7O2/c1-3-34-21-18-32-14-16-33(17-15-32)25-22-23(2)30-26(31-25)29-13-20-35-19-12-27-10-7-11-28-24-8-5-4-6-9-24/h22,24,27-28H,3-21H2,1-2H3,(H,29,30,31). The van der Waals surface area contributed by atoms with Crippen LogP contribution in [0.1, 0.15) is 51.1 Å². The molecule has 1 aromatic rings. The molecule has 0 spiro atoms. The Hall–Kier alpha value is -1.52. The van der Waals surface area contributed by atoms with Crippen molar-refractivity contribution in [2.45, 2.75) is 58.4 Å². The maximum Gasteiger partial charge on any atom is 0.224 e. The third-order valence-corrected chi connectivity index (χ3v) is 6.81. The molecule has 3 N–H and O–H groups in total. The summed E-state index contributed by atoms with van der Waals surface area (Å²) in [6.07, 6.45) is 8.10. The van der Waals surface area contributed by atoms with Crippen LogP contribution in [0.5, 0.6) is 0 Å². The fourth-order valence-corrected chi connectivity index (χ4v) is 4.76. The van der Waals surface area contributed by atoms with Crippen LogP contribution in [-0.4, -0.2) is 106 Å². The van der Waals surface area contributed by atoms with Crippen molar-refractivity contribution in [2.75, 3.05) is 95.5 Å². The maximum atomic E-state index is 5.76. The quantitative estimate of drug-likeness (QED) is 0.284. The van der Waals surface area contributed by atoms with Gasteiger partial charge in [-0.3, -0.25) is 4.90 Å². The fraction of sp³-hybridized carbons (Fsp3) is 0.846. The Morgan fingerprint density at radius 3 is 2.51 bits per heavy atom. The van der Waals surface area contributed by atoms with Gasteiger partial charge >= 0.3 is 0 Å². The summed E-state index contributed by atoms with van der Waals surface area (Å²) in [7, 11) is 0. The number of hydrogen-bond acceptors (Lipinski definition) is 9. The number of rotatable bonds is 17. The SMILES string of the molecule is CCOCCN1CCN(c2cc(C)nc(NCCOCCNCCCNC3CCCCC3)n2)CC1. The first kappa shape index (κ1) is 28.1. The minimum Gasteiger partial charge on any atom is -0.380 e. The number of hydrogen-bond donors (Lipinski definition) is 3. The van der Waals surface area contributed by atoms with Crippen molar-refractivity contribution in [1.82, 2.24) is 25.5 Å². The van der Waals surface area contributed by atoms with Crippen LogP contribution < -0.4 is 20.9 Å². The normalized spacial score (nSPS) is 17.7. The van der Waals surface area contributed by atoms with Gasteiger partial charge < -0.3 is 30.3 Å². The van der Waals surface area contributed by atoms with Crippen LogP contribution >= 0.6 is 0 Å². The molecule has 1 aromatic heterocycles. The van der Waals surface area contributed by atoms with Crippen LogP contribution in [0.2, 0.25) is 0 Å². The third-order valence-electron chi connectivity index (χ3n) is 6.81. The van der Waals surface area contributed by atoms with Crippen molar-refractivity contribution in [3.63, 3.8) is 0 Å². The molecule has 2 fully saturated rings. The molecular weight excluding hydrogens is 442 g/mol. The minimum atomic E-state index is 0.649. The average Bonchev–Trinajstić information content (AvgIpc) is 2.88. The summed E-state index contributed by atoms with van der Waals surface area (Å²) >= 11 is 0. The van der Waals surface area contributed by atoms with Gasteiger partial charge in [0.25, 0.3) is 0 Å². The summed E-state index contributed by atoms with van der Waals surface area (Å²) < 4.78 is 11.2. The van der Waals surface area contributed by atoms with E-state index in [1.165, 1.54) is 38.5 Å². The second kappa shape index (κ2) is 17.0. The Morgan fingerprint density at radius 1 is 0.914 bits per heavy atom. The lowest BCUT2D eigenvalue weighted by Gasteiger charge is -2.35. The van der Waals surface area contributed by atoms with E-state index in [1.54, 1.807) is 0 Å². The van der Waals surface area contributed by atoms with Crippen LogP contribution in [0.4, 0.5) is 11.8 Å².